The van der Waals surface area contributed by atoms with E-state index in [0.29, 0.717) is 0 Å². The smallest absolute Gasteiger partial charge is 0.108 e. The van der Waals surface area contributed by atoms with E-state index in [9.17, 15) is 0 Å². The first-order chi connectivity index (χ1) is 6.81. The van der Waals surface area contributed by atoms with Crippen LogP contribution in [0.1, 0.15) is 12.0 Å². The molecule has 0 saturated carbocycles. The zero-order valence-electron chi connectivity index (χ0n) is 7.76. The molecule has 0 saturated heterocycles. The van der Waals surface area contributed by atoms with E-state index in [1.165, 1.54) is 5.56 Å². The lowest BCUT2D eigenvalue weighted by atomic mass is 10.1. The largest absolute Gasteiger partial charge is 0.330 e. The number of halogens is 1. The Labute approximate surface area is 90.8 Å². The first-order valence-electron chi connectivity index (χ1n) is 4.64. The van der Waals surface area contributed by atoms with Crippen LogP contribution in [0.3, 0.4) is 0 Å². The quantitative estimate of drug-likeness (QED) is 0.882. The Morgan fingerprint density at radius 2 is 2.29 bits per heavy atom. The minimum absolute atomic E-state index is 0.738. The molecule has 0 atom stereocenters. The van der Waals surface area contributed by atoms with Gasteiger partial charge in [-0.1, -0.05) is 6.07 Å². The average molecular weight is 254 g/mol. The molecule has 0 radical (unpaired) electrons. The molecule has 1 heterocycles. The van der Waals surface area contributed by atoms with Gasteiger partial charge in [-0.2, -0.15) is 5.10 Å². The fraction of sp³-hybridized carbons (Fsp3) is 0.300. The fourth-order valence-electron chi connectivity index (χ4n) is 1.49. The van der Waals surface area contributed by atoms with Gasteiger partial charge in [0.15, 0.2) is 0 Å². The maximum absolute atomic E-state index is 5.46. The molecule has 0 aliphatic heterocycles. The van der Waals surface area contributed by atoms with Crippen LogP contribution in [-0.4, -0.2) is 16.7 Å². The molecule has 0 aliphatic rings. The molecule has 0 amide bonds. The molecular formula is C10H12BrN3. The average Bonchev–Trinajstić information content (AvgIpc) is 2.57. The molecule has 4 heteroatoms. The van der Waals surface area contributed by atoms with Crippen molar-refractivity contribution in [2.75, 3.05) is 6.54 Å². The predicted molar refractivity (Wildman–Crippen MR) is 61.2 cm³/mol. The minimum atomic E-state index is 0.738. The Balaban J connectivity index is 2.32. The van der Waals surface area contributed by atoms with Crippen LogP contribution in [0, 0.1) is 0 Å². The van der Waals surface area contributed by atoms with Gasteiger partial charge in [-0.05, 0) is 53.0 Å². The third-order valence-corrected chi connectivity index (χ3v) is 2.85. The van der Waals surface area contributed by atoms with Crippen molar-refractivity contribution in [3.8, 4) is 0 Å². The first-order valence-corrected chi connectivity index (χ1v) is 5.43. The maximum atomic E-state index is 5.46. The van der Waals surface area contributed by atoms with Crippen LogP contribution in [0.15, 0.2) is 22.8 Å². The van der Waals surface area contributed by atoms with Crippen LogP contribution in [0.4, 0.5) is 0 Å². The van der Waals surface area contributed by atoms with E-state index >= 15 is 0 Å². The molecule has 0 aliphatic carbocycles. The third-order valence-electron chi connectivity index (χ3n) is 2.24. The van der Waals surface area contributed by atoms with Gasteiger partial charge in [-0.25, -0.2) is 0 Å². The highest BCUT2D eigenvalue weighted by Crippen LogP contribution is 2.21. The summed E-state index contributed by atoms with van der Waals surface area (Å²) in [5, 5.41) is 8.21. The van der Waals surface area contributed by atoms with Crippen molar-refractivity contribution < 1.29 is 0 Å². The second kappa shape index (κ2) is 4.11. The fourth-order valence-corrected chi connectivity index (χ4v) is 1.91. The Morgan fingerprint density at radius 1 is 1.43 bits per heavy atom. The second-order valence-corrected chi connectivity index (χ2v) is 4.07. The SMILES string of the molecule is NCCCc1ccc2c(Br)[nH]nc2c1. The van der Waals surface area contributed by atoms with Gasteiger partial charge in [-0.15, -0.1) is 0 Å². The number of rotatable bonds is 3. The maximum Gasteiger partial charge on any atom is 0.108 e. The van der Waals surface area contributed by atoms with Gasteiger partial charge >= 0.3 is 0 Å². The van der Waals surface area contributed by atoms with Crippen LogP contribution in [-0.2, 0) is 6.42 Å². The highest BCUT2D eigenvalue weighted by Gasteiger charge is 2.02. The number of fused-ring (bicyclic) bond motifs is 1. The second-order valence-electron chi connectivity index (χ2n) is 3.28. The number of nitrogens with zero attached hydrogens (tertiary/aromatic N) is 1. The Hall–Kier alpha value is -0.870. The number of aromatic amines is 1. The summed E-state index contributed by atoms with van der Waals surface area (Å²) in [7, 11) is 0. The lowest BCUT2D eigenvalue weighted by Gasteiger charge is -1.98. The summed E-state index contributed by atoms with van der Waals surface area (Å²) in [4.78, 5) is 0. The van der Waals surface area contributed by atoms with Crippen LogP contribution < -0.4 is 5.73 Å². The number of aryl methyl sites for hydroxylation is 1. The molecule has 3 N–H and O–H groups in total. The van der Waals surface area contributed by atoms with E-state index < -0.39 is 0 Å². The molecule has 2 rings (SSSR count). The van der Waals surface area contributed by atoms with Gasteiger partial charge in [-0.3, -0.25) is 5.10 Å². The molecule has 0 fully saturated rings. The van der Waals surface area contributed by atoms with Crippen LogP contribution in [0.2, 0.25) is 0 Å². The topological polar surface area (TPSA) is 54.7 Å². The summed E-state index contributed by atoms with van der Waals surface area (Å²) in [5.74, 6) is 0. The lowest BCUT2D eigenvalue weighted by molar-refractivity contribution is 0.833. The lowest BCUT2D eigenvalue weighted by Crippen LogP contribution is -2.00. The standard InChI is InChI=1S/C10H12BrN3/c11-10-8-4-3-7(2-1-5-12)6-9(8)13-14-10/h3-4,6H,1-2,5,12H2,(H,13,14). The summed E-state index contributed by atoms with van der Waals surface area (Å²) >= 11 is 3.41. The summed E-state index contributed by atoms with van der Waals surface area (Å²) in [6, 6.07) is 6.30. The molecule has 0 spiro atoms. The number of nitrogens with two attached hydrogens (primary N) is 1. The van der Waals surface area contributed by atoms with Crippen molar-refractivity contribution in [2.24, 2.45) is 5.73 Å². The van der Waals surface area contributed by atoms with E-state index in [0.717, 1.165) is 34.9 Å². The normalized spacial score (nSPS) is 11.0. The molecule has 2 aromatic rings. The summed E-state index contributed by atoms with van der Waals surface area (Å²) in [5.41, 5.74) is 7.76. The van der Waals surface area contributed by atoms with Gasteiger partial charge in [0.1, 0.15) is 4.60 Å². The van der Waals surface area contributed by atoms with E-state index in [4.69, 9.17) is 5.73 Å². The van der Waals surface area contributed by atoms with Crippen molar-refractivity contribution in [1.82, 2.24) is 10.2 Å². The highest BCUT2D eigenvalue weighted by atomic mass is 79.9. The molecule has 74 valence electrons. The first kappa shape index (κ1) is 9.68. The van der Waals surface area contributed by atoms with Gasteiger partial charge < -0.3 is 5.73 Å². The number of hydrogen-bond acceptors (Lipinski definition) is 2. The summed E-state index contributed by atoms with van der Waals surface area (Å²) in [6.07, 6.45) is 2.05. The third kappa shape index (κ3) is 1.81. The van der Waals surface area contributed by atoms with E-state index in [1.807, 2.05) is 0 Å². The number of hydrogen-bond donors (Lipinski definition) is 2. The summed E-state index contributed by atoms with van der Waals surface area (Å²) < 4.78 is 0.942. The molecule has 1 aromatic carbocycles. The van der Waals surface area contributed by atoms with Crippen molar-refractivity contribution in [1.29, 1.82) is 0 Å². The van der Waals surface area contributed by atoms with Gasteiger partial charge in [0, 0.05) is 5.39 Å². The molecule has 0 bridgehead atoms. The molecular weight excluding hydrogens is 242 g/mol. The minimum Gasteiger partial charge on any atom is -0.330 e. The Morgan fingerprint density at radius 3 is 3.07 bits per heavy atom. The van der Waals surface area contributed by atoms with Crippen LogP contribution in [0.5, 0.6) is 0 Å². The Kier molecular flexibility index (Phi) is 2.84. The molecule has 14 heavy (non-hydrogen) atoms. The van der Waals surface area contributed by atoms with Crippen molar-refractivity contribution in [3.63, 3.8) is 0 Å². The van der Waals surface area contributed by atoms with E-state index in [1.54, 1.807) is 0 Å². The zero-order chi connectivity index (χ0) is 9.97. The number of H-pyrrole nitrogens is 1. The van der Waals surface area contributed by atoms with Crippen molar-refractivity contribution in [3.05, 3.63) is 28.4 Å². The molecule has 1 aromatic heterocycles. The number of nitrogens with one attached hydrogen (secondary N) is 1. The van der Waals surface area contributed by atoms with Gasteiger partial charge in [0.25, 0.3) is 0 Å². The van der Waals surface area contributed by atoms with Gasteiger partial charge in [0.05, 0.1) is 5.52 Å². The molecule has 3 nitrogen and oxygen atoms in total. The van der Waals surface area contributed by atoms with E-state index in [2.05, 4.69) is 44.3 Å². The van der Waals surface area contributed by atoms with E-state index in [-0.39, 0.29) is 0 Å². The van der Waals surface area contributed by atoms with Crippen LogP contribution >= 0.6 is 15.9 Å². The number of benzene rings is 1. The Bertz CT molecular complexity index is 436. The monoisotopic (exact) mass is 253 g/mol. The van der Waals surface area contributed by atoms with Crippen LogP contribution in [0.25, 0.3) is 10.9 Å². The zero-order valence-corrected chi connectivity index (χ0v) is 9.34. The predicted octanol–water partition coefficient (Wildman–Crippen LogP) is 2.22. The van der Waals surface area contributed by atoms with Crippen molar-refractivity contribution in [2.45, 2.75) is 12.8 Å². The number of aromatic nitrogens is 2. The van der Waals surface area contributed by atoms with Gasteiger partial charge in [0.2, 0.25) is 0 Å². The summed E-state index contributed by atoms with van der Waals surface area (Å²) in [6.45, 7) is 0.738. The van der Waals surface area contributed by atoms with Crippen molar-refractivity contribution >= 4 is 26.8 Å². The molecule has 0 unspecified atom stereocenters. The highest BCUT2D eigenvalue weighted by molar-refractivity contribution is 9.10.